The molecule has 18 heavy (non-hydrogen) atoms. The second-order valence-corrected chi connectivity index (χ2v) is 6.61. The van der Waals surface area contributed by atoms with Crippen molar-refractivity contribution in [3.8, 4) is 0 Å². The van der Waals surface area contributed by atoms with Crippen molar-refractivity contribution in [2.24, 2.45) is 0 Å². The Hall–Kier alpha value is -0.450. The van der Waals surface area contributed by atoms with Crippen molar-refractivity contribution in [3.05, 3.63) is 42.0 Å². The quantitative estimate of drug-likeness (QED) is 0.511. The molecule has 0 atom stereocenters. The van der Waals surface area contributed by atoms with E-state index in [0.717, 1.165) is 22.9 Å². The number of hydrogen-bond donors (Lipinski definition) is 0. The highest BCUT2D eigenvalue weighted by atomic mass is 32.2. The fourth-order valence-corrected chi connectivity index (χ4v) is 3.60. The van der Waals surface area contributed by atoms with Gasteiger partial charge in [0.2, 0.25) is 0 Å². The Balaban J connectivity index is 2.46. The van der Waals surface area contributed by atoms with Crippen molar-refractivity contribution in [1.82, 2.24) is 3.71 Å². The van der Waals surface area contributed by atoms with Gasteiger partial charge >= 0.3 is 0 Å². The number of hydrogen-bond acceptors (Lipinski definition) is 3. The molecule has 0 amide bonds. The lowest BCUT2D eigenvalue weighted by Crippen LogP contribution is -2.14. The normalized spacial score (nSPS) is 10.8. The van der Waals surface area contributed by atoms with Gasteiger partial charge < -0.3 is 0 Å². The van der Waals surface area contributed by atoms with Crippen LogP contribution in [0.15, 0.2) is 36.4 Å². The third-order valence-electron chi connectivity index (χ3n) is 2.10. The molecule has 0 aliphatic carbocycles. The second kappa shape index (κ2) is 9.48. The number of benzene rings is 1. The van der Waals surface area contributed by atoms with Crippen molar-refractivity contribution in [2.45, 2.75) is 20.3 Å². The van der Waals surface area contributed by atoms with E-state index in [4.69, 9.17) is 12.2 Å². The number of thiocarbonyl (C=S) groups is 1. The van der Waals surface area contributed by atoms with E-state index in [1.165, 1.54) is 5.56 Å². The molecule has 4 heteroatoms. The summed E-state index contributed by atoms with van der Waals surface area (Å²) in [6.45, 7) is 4.30. The van der Waals surface area contributed by atoms with E-state index in [1.807, 2.05) is 18.2 Å². The van der Waals surface area contributed by atoms with E-state index in [2.05, 4.69) is 41.8 Å². The molecule has 98 valence electrons. The van der Waals surface area contributed by atoms with Crippen molar-refractivity contribution in [1.29, 1.82) is 0 Å². The third-order valence-corrected chi connectivity index (χ3v) is 4.74. The summed E-state index contributed by atoms with van der Waals surface area (Å²) in [5.41, 5.74) is 1.22. The zero-order valence-electron chi connectivity index (χ0n) is 10.8. The highest BCUT2D eigenvalue weighted by Gasteiger charge is 2.07. The first-order valence-corrected chi connectivity index (χ1v) is 8.37. The first kappa shape index (κ1) is 15.6. The molecular formula is C14H19NS3. The molecule has 0 saturated carbocycles. The minimum absolute atomic E-state index is 0.824. The van der Waals surface area contributed by atoms with Crippen LogP contribution in [-0.4, -0.2) is 20.2 Å². The Bertz CT molecular complexity index is 370. The van der Waals surface area contributed by atoms with Crippen molar-refractivity contribution in [2.75, 3.05) is 11.5 Å². The van der Waals surface area contributed by atoms with Gasteiger partial charge in [0.1, 0.15) is 4.99 Å². The lowest BCUT2D eigenvalue weighted by Gasteiger charge is -2.20. The first-order chi connectivity index (χ1) is 8.77. The van der Waals surface area contributed by atoms with Gasteiger partial charge in [-0.1, -0.05) is 68.5 Å². The molecule has 0 N–H and O–H groups in total. The van der Waals surface area contributed by atoms with Crippen LogP contribution in [0.4, 0.5) is 0 Å². The maximum atomic E-state index is 5.45. The number of rotatable bonds is 7. The van der Waals surface area contributed by atoms with Crippen LogP contribution in [0.25, 0.3) is 6.08 Å². The fraction of sp³-hybridized carbons (Fsp3) is 0.357. The van der Waals surface area contributed by atoms with E-state index in [0.29, 0.717) is 0 Å². The summed E-state index contributed by atoms with van der Waals surface area (Å²) in [6.07, 6.45) is 5.08. The Kier molecular flexibility index (Phi) is 8.22. The fourth-order valence-electron chi connectivity index (χ4n) is 1.35. The third kappa shape index (κ3) is 5.94. The van der Waals surface area contributed by atoms with Gasteiger partial charge in [0, 0.05) is 17.9 Å². The molecule has 0 saturated heterocycles. The summed E-state index contributed by atoms with van der Waals surface area (Å²) >= 11 is 9.01. The second-order valence-electron chi connectivity index (χ2n) is 3.50. The van der Waals surface area contributed by atoms with Gasteiger partial charge in [-0.15, -0.1) is 0 Å². The van der Waals surface area contributed by atoms with Gasteiger partial charge in [-0.05, 0) is 29.5 Å². The minimum Gasteiger partial charge on any atom is -0.252 e. The lowest BCUT2D eigenvalue weighted by atomic mass is 10.2. The molecule has 0 aromatic heterocycles. The van der Waals surface area contributed by atoms with Crippen molar-refractivity contribution in [3.63, 3.8) is 0 Å². The summed E-state index contributed by atoms with van der Waals surface area (Å²) in [7, 11) is 0. The molecular weight excluding hydrogens is 278 g/mol. The predicted octanol–water partition coefficient (Wildman–Crippen LogP) is 5.06. The van der Waals surface area contributed by atoms with Gasteiger partial charge in [-0.3, -0.25) is 3.71 Å². The van der Waals surface area contributed by atoms with Crippen LogP contribution in [-0.2, 0) is 0 Å². The van der Waals surface area contributed by atoms with E-state index in [-0.39, 0.29) is 0 Å². The highest BCUT2D eigenvalue weighted by Crippen LogP contribution is 2.23. The van der Waals surface area contributed by atoms with Crippen LogP contribution in [0.5, 0.6) is 0 Å². The van der Waals surface area contributed by atoms with Gasteiger partial charge in [-0.25, -0.2) is 0 Å². The largest absolute Gasteiger partial charge is 0.252 e. The maximum absolute atomic E-state index is 5.45. The molecule has 0 spiro atoms. The Labute approximate surface area is 124 Å². The summed E-state index contributed by atoms with van der Waals surface area (Å²) in [4.78, 5) is 0.987. The molecule has 0 aliphatic heterocycles. The smallest absolute Gasteiger partial charge is 0.103 e. The van der Waals surface area contributed by atoms with Crippen molar-refractivity contribution < 1.29 is 0 Å². The molecule has 1 aromatic carbocycles. The molecule has 0 fully saturated rings. The lowest BCUT2D eigenvalue weighted by molar-refractivity contribution is 1.11. The zero-order chi connectivity index (χ0) is 13.2. The monoisotopic (exact) mass is 297 g/mol. The van der Waals surface area contributed by atoms with E-state index < -0.39 is 0 Å². The standard InChI is InChI=1S/C14H19NS3/c1-3-17-15(18-4-2)14(16)12-8-11-13-9-6-5-7-10-13/h5-11H,3-4,12H2,1-2H3. The molecule has 1 nitrogen and oxygen atoms in total. The van der Waals surface area contributed by atoms with E-state index in [9.17, 15) is 0 Å². The van der Waals surface area contributed by atoms with Crippen LogP contribution in [0, 0.1) is 0 Å². The van der Waals surface area contributed by atoms with Crippen LogP contribution in [0.2, 0.25) is 0 Å². The molecule has 0 radical (unpaired) electrons. The molecule has 0 unspecified atom stereocenters. The van der Waals surface area contributed by atoms with Crippen molar-refractivity contribution >= 4 is 47.2 Å². The maximum Gasteiger partial charge on any atom is 0.103 e. The van der Waals surface area contributed by atoms with Crippen LogP contribution < -0.4 is 0 Å². The Morgan fingerprint density at radius 3 is 2.33 bits per heavy atom. The van der Waals surface area contributed by atoms with Crippen LogP contribution >= 0.6 is 36.1 Å². The number of nitrogens with zero attached hydrogens (tertiary/aromatic N) is 1. The highest BCUT2D eigenvalue weighted by molar-refractivity contribution is 8.13. The summed E-state index contributed by atoms with van der Waals surface area (Å²) < 4.78 is 2.16. The van der Waals surface area contributed by atoms with Gasteiger partial charge in [0.25, 0.3) is 0 Å². The van der Waals surface area contributed by atoms with Gasteiger partial charge in [-0.2, -0.15) is 0 Å². The Morgan fingerprint density at radius 1 is 1.17 bits per heavy atom. The molecule has 1 rings (SSSR count). The summed E-state index contributed by atoms with van der Waals surface area (Å²) in [5, 5.41) is 0. The predicted molar refractivity (Wildman–Crippen MR) is 90.8 cm³/mol. The minimum atomic E-state index is 0.824. The van der Waals surface area contributed by atoms with Crippen LogP contribution in [0.3, 0.4) is 0 Å². The van der Waals surface area contributed by atoms with Gasteiger partial charge in [0.15, 0.2) is 0 Å². The van der Waals surface area contributed by atoms with E-state index in [1.54, 1.807) is 23.9 Å². The van der Waals surface area contributed by atoms with Crippen LogP contribution in [0.1, 0.15) is 25.8 Å². The average Bonchev–Trinajstić information content (AvgIpc) is 2.39. The molecule has 0 aliphatic rings. The molecule has 1 aromatic rings. The summed E-state index contributed by atoms with van der Waals surface area (Å²) in [5.74, 6) is 2.10. The topological polar surface area (TPSA) is 3.24 Å². The van der Waals surface area contributed by atoms with Gasteiger partial charge in [0.05, 0.1) is 0 Å². The first-order valence-electron chi connectivity index (χ1n) is 6.08. The molecule has 0 heterocycles. The summed E-state index contributed by atoms with van der Waals surface area (Å²) in [6, 6.07) is 10.3. The average molecular weight is 298 g/mol. The Morgan fingerprint density at radius 2 is 1.78 bits per heavy atom. The SMILES string of the molecule is CCSN(SCC)C(=S)CC=Cc1ccccc1. The van der Waals surface area contributed by atoms with E-state index >= 15 is 0 Å². The molecule has 0 bridgehead atoms. The zero-order valence-corrected chi connectivity index (χ0v) is 13.3.